The normalized spacial score (nSPS) is 31.7. The lowest BCUT2D eigenvalue weighted by molar-refractivity contribution is -0.136. The van der Waals surface area contributed by atoms with Gasteiger partial charge in [0.05, 0.1) is 17.5 Å². The number of hydrogen-bond donors (Lipinski definition) is 2. The van der Waals surface area contributed by atoms with Gasteiger partial charge in [0, 0.05) is 37.1 Å². The molecule has 4 aliphatic rings. The zero-order valence-corrected chi connectivity index (χ0v) is 25.0. The van der Waals surface area contributed by atoms with Gasteiger partial charge in [-0.25, -0.2) is 4.98 Å². The summed E-state index contributed by atoms with van der Waals surface area (Å²) in [5.74, 6) is 1.72. The van der Waals surface area contributed by atoms with Crippen molar-refractivity contribution in [3.8, 4) is 0 Å². The van der Waals surface area contributed by atoms with Crippen LogP contribution in [0.25, 0.3) is 11.0 Å². The number of aromatic nitrogens is 2. The van der Waals surface area contributed by atoms with Gasteiger partial charge in [0.15, 0.2) is 5.69 Å². The van der Waals surface area contributed by atoms with Crippen molar-refractivity contribution in [1.29, 1.82) is 0 Å². The second-order valence-electron chi connectivity index (χ2n) is 13.3. The maximum absolute atomic E-state index is 14.3. The van der Waals surface area contributed by atoms with Gasteiger partial charge in [0.2, 0.25) is 0 Å². The van der Waals surface area contributed by atoms with Gasteiger partial charge in [0.1, 0.15) is 12.3 Å². The lowest BCUT2D eigenvalue weighted by atomic mass is 9.64. The van der Waals surface area contributed by atoms with E-state index in [9.17, 15) is 14.7 Å². The van der Waals surface area contributed by atoms with E-state index in [1.807, 2.05) is 28.8 Å². The average Bonchev–Trinajstić information content (AvgIpc) is 2.97. The highest BCUT2D eigenvalue weighted by Gasteiger charge is 2.46. The third-order valence-electron chi connectivity index (χ3n) is 10.6. The number of carboxylic acid groups (broad SMARTS) is 1. The molecule has 0 amide bonds. The Morgan fingerprint density at radius 1 is 1.00 bits per heavy atom. The summed E-state index contributed by atoms with van der Waals surface area (Å²) in [6, 6.07) is 9.52. The summed E-state index contributed by atoms with van der Waals surface area (Å²) < 4.78 is 1.96. The van der Waals surface area contributed by atoms with Crippen LogP contribution in [0, 0.1) is 17.8 Å². The topological polar surface area (TPSA) is 123 Å². The summed E-state index contributed by atoms with van der Waals surface area (Å²) in [4.78, 5) is 38.7. The van der Waals surface area contributed by atoms with E-state index in [1.54, 1.807) is 0 Å². The van der Waals surface area contributed by atoms with Crippen LogP contribution in [-0.2, 0) is 9.63 Å². The van der Waals surface area contributed by atoms with Crippen LogP contribution in [0.1, 0.15) is 102 Å². The summed E-state index contributed by atoms with van der Waals surface area (Å²) in [5, 5.41) is 13.5. The highest BCUT2D eigenvalue weighted by atomic mass is 16.6. The van der Waals surface area contributed by atoms with Gasteiger partial charge >= 0.3 is 5.97 Å². The number of rotatable bonds is 10. The average molecular weight is 578 g/mol. The van der Waals surface area contributed by atoms with Crippen molar-refractivity contribution in [2.24, 2.45) is 28.6 Å². The number of piperidine rings is 2. The van der Waals surface area contributed by atoms with Gasteiger partial charge < -0.3 is 20.2 Å². The van der Waals surface area contributed by atoms with Crippen LogP contribution in [0.15, 0.2) is 34.2 Å². The molecule has 6 rings (SSSR count). The molecule has 9 heteroatoms. The Labute approximate surface area is 248 Å². The first-order valence-electron chi connectivity index (χ1n) is 16.3. The van der Waals surface area contributed by atoms with E-state index in [1.165, 1.54) is 57.8 Å². The van der Waals surface area contributed by atoms with Crippen molar-refractivity contribution in [3.05, 3.63) is 40.3 Å². The number of oxime groups is 1. The minimum Gasteiger partial charge on any atom is -0.481 e. The second-order valence-corrected chi connectivity index (χ2v) is 13.3. The molecule has 4 bridgehead atoms. The van der Waals surface area contributed by atoms with Crippen molar-refractivity contribution >= 4 is 22.7 Å². The van der Waals surface area contributed by atoms with E-state index in [-0.39, 0.29) is 49.0 Å². The molecule has 4 unspecified atom stereocenters. The van der Waals surface area contributed by atoms with E-state index < -0.39 is 5.97 Å². The Bertz CT molecular complexity index is 1330. The molecule has 4 fully saturated rings. The van der Waals surface area contributed by atoms with Gasteiger partial charge in [-0.3, -0.25) is 14.5 Å². The van der Waals surface area contributed by atoms with Crippen molar-refractivity contribution in [2.75, 3.05) is 13.2 Å². The number of fused-ring (bicyclic) bond motifs is 5. The molecule has 0 spiro atoms. The molecule has 2 aromatic rings. The number of para-hydroxylation sites is 2. The standard InChI is InChI=1S/C33H47N5O4/c1-2-21-14-22-16-23(15-21)18-26(17-22)37-24-6-5-7-25(37)20-27(19-24)38-30-9-4-3-8-28(30)35-32(33(38)41)29(10-11-31(39)40)36-42-13-12-34/h3-4,8-9,21-27H,2,5-7,10-20,34H2,1H3,(H,39,40)/b36-29+. The minimum absolute atomic E-state index is 0.0626. The molecule has 2 saturated heterocycles. The molecular weight excluding hydrogens is 530 g/mol. The van der Waals surface area contributed by atoms with Crippen molar-refractivity contribution in [2.45, 2.75) is 115 Å². The zero-order valence-electron chi connectivity index (χ0n) is 25.0. The molecule has 0 radical (unpaired) electrons. The van der Waals surface area contributed by atoms with E-state index in [4.69, 9.17) is 15.6 Å². The summed E-state index contributed by atoms with van der Waals surface area (Å²) >= 11 is 0. The van der Waals surface area contributed by atoms with Gasteiger partial charge in [0.25, 0.3) is 5.56 Å². The highest BCUT2D eigenvalue weighted by Crippen LogP contribution is 2.49. The largest absolute Gasteiger partial charge is 0.481 e. The van der Waals surface area contributed by atoms with Crippen LogP contribution in [0.3, 0.4) is 0 Å². The Kier molecular flexibility index (Phi) is 8.96. The number of aliphatic carboxylic acids is 1. The predicted octanol–water partition coefficient (Wildman–Crippen LogP) is 5.10. The Morgan fingerprint density at radius 2 is 1.71 bits per heavy atom. The molecule has 42 heavy (non-hydrogen) atoms. The van der Waals surface area contributed by atoms with Crippen LogP contribution >= 0.6 is 0 Å². The number of nitrogens with zero attached hydrogens (tertiary/aromatic N) is 4. The number of carboxylic acids is 1. The lowest BCUT2D eigenvalue weighted by Gasteiger charge is -2.56. The predicted molar refractivity (Wildman–Crippen MR) is 164 cm³/mol. The Morgan fingerprint density at radius 3 is 2.38 bits per heavy atom. The molecule has 2 saturated carbocycles. The van der Waals surface area contributed by atoms with E-state index in [0.29, 0.717) is 23.6 Å². The minimum atomic E-state index is -0.958. The molecule has 1 aromatic carbocycles. The van der Waals surface area contributed by atoms with Crippen LogP contribution in [-0.4, -0.2) is 62.5 Å². The number of carbonyl (C=O) groups is 1. The fourth-order valence-corrected chi connectivity index (χ4v) is 9.04. The molecule has 9 nitrogen and oxygen atoms in total. The molecule has 228 valence electrons. The van der Waals surface area contributed by atoms with Crippen LogP contribution in [0.2, 0.25) is 0 Å². The van der Waals surface area contributed by atoms with Crippen molar-refractivity contribution < 1.29 is 14.7 Å². The maximum atomic E-state index is 14.3. The molecule has 3 N–H and O–H groups in total. The first kappa shape index (κ1) is 29.3. The fraction of sp³-hybridized carbons (Fsp3) is 0.697. The smallest absolute Gasteiger partial charge is 0.303 e. The van der Waals surface area contributed by atoms with E-state index >= 15 is 0 Å². The zero-order chi connectivity index (χ0) is 29.2. The number of hydrogen-bond acceptors (Lipinski definition) is 7. The van der Waals surface area contributed by atoms with Gasteiger partial charge in [-0.1, -0.05) is 37.1 Å². The first-order chi connectivity index (χ1) is 20.4. The third-order valence-corrected chi connectivity index (χ3v) is 10.6. The number of nitrogens with two attached hydrogens (primary N) is 1. The monoisotopic (exact) mass is 577 g/mol. The number of benzene rings is 1. The van der Waals surface area contributed by atoms with Crippen molar-refractivity contribution in [3.63, 3.8) is 0 Å². The molecule has 4 atom stereocenters. The first-order valence-corrected chi connectivity index (χ1v) is 16.3. The van der Waals surface area contributed by atoms with Gasteiger partial charge in [-0.05, 0) is 87.7 Å². The SMILES string of the molecule is CCC1CC2CC(C1)CC(N1C3CCCC1CC(n1c(=O)c(/C(CCC(=O)O)=N/OCCN)nc4ccccc41)C3)C2. The molecule has 2 aliphatic heterocycles. The molecular formula is C33H47N5O4. The van der Waals surface area contributed by atoms with Gasteiger partial charge in [-0.2, -0.15) is 0 Å². The summed E-state index contributed by atoms with van der Waals surface area (Å²) in [5.41, 5.74) is 7.38. The molecule has 2 aliphatic carbocycles. The Hall–Kier alpha value is -2.78. The third kappa shape index (κ3) is 6.00. The molecule has 3 heterocycles. The van der Waals surface area contributed by atoms with E-state index in [0.717, 1.165) is 36.1 Å². The maximum Gasteiger partial charge on any atom is 0.303 e. The second kappa shape index (κ2) is 12.8. The fourth-order valence-electron chi connectivity index (χ4n) is 9.04. The summed E-state index contributed by atoms with van der Waals surface area (Å²) in [6.07, 6.45) is 13.7. The van der Waals surface area contributed by atoms with Crippen LogP contribution < -0.4 is 11.3 Å². The van der Waals surface area contributed by atoms with Crippen LogP contribution in [0.4, 0.5) is 0 Å². The highest BCUT2D eigenvalue weighted by molar-refractivity contribution is 6.00. The van der Waals surface area contributed by atoms with Gasteiger partial charge in [-0.15, -0.1) is 0 Å². The summed E-state index contributed by atoms with van der Waals surface area (Å²) in [6.45, 7) is 2.82. The van der Waals surface area contributed by atoms with E-state index in [2.05, 4.69) is 17.0 Å². The lowest BCUT2D eigenvalue weighted by Crippen LogP contribution is -2.59. The summed E-state index contributed by atoms with van der Waals surface area (Å²) in [7, 11) is 0. The van der Waals surface area contributed by atoms with Crippen LogP contribution in [0.5, 0.6) is 0 Å². The Balaban J connectivity index is 1.31. The molecule has 1 aromatic heterocycles. The quantitative estimate of drug-likeness (QED) is 0.229. The van der Waals surface area contributed by atoms with Crippen molar-refractivity contribution in [1.82, 2.24) is 14.5 Å².